The van der Waals surface area contributed by atoms with Crippen LogP contribution in [0.5, 0.6) is 0 Å². The summed E-state index contributed by atoms with van der Waals surface area (Å²) in [5.74, 6) is -1.33. The molecule has 0 aliphatic rings. The Kier molecular flexibility index (Phi) is 6.37. The molecule has 7 nitrogen and oxygen atoms in total. The third-order valence-corrected chi connectivity index (χ3v) is 2.99. The average molecular weight is 308 g/mol. The number of carbonyl (C=O) groups is 3. The zero-order chi connectivity index (χ0) is 16.7. The largest absolute Gasteiger partial charge is 0.481 e. The van der Waals surface area contributed by atoms with Crippen LogP contribution in [-0.4, -0.2) is 36.7 Å². The summed E-state index contributed by atoms with van der Waals surface area (Å²) in [5.41, 5.74) is 1.50. The second-order valence-electron chi connectivity index (χ2n) is 4.98. The van der Waals surface area contributed by atoms with E-state index in [1.54, 1.807) is 12.1 Å². The number of hydrogen-bond donors (Lipinski definition) is 3. The lowest BCUT2D eigenvalue weighted by molar-refractivity contribution is -0.136. The van der Waals surface area contributed by atoms with Crippen molar-refractivity contribution < 1.29 is 24.2 Å². The number of carboxylic acid groups (broad SMARTS) is 1. The highest BCUT2D eigenvalue weighted by Crippen LogP contribution is 2.23. The average Bonchev–Trinajstić information content (AvgIpc) is 2.46. The summed E-state index contributed by atoms with van der Waals surface area (Å²) in [7, 11) is 1.26. The van der Waals surface area contributed by atoms with E-state index in [1.165, 1.54) is 7.11 Å². The maximum absolute atomic E-state index is 11.8. The molecule has 1 rings (SSSR count). The van der Waals surface area contributed by atoms with E-state index >= 15 is 0 Å². The predicted octanol–water partition coefficient (Wildman–Crippen LogP) is 2.19. The normalized spacial score (nSPS) is 10.2. The molecule has 0 bridgehead atoms. The quantitative estimate of drug-likeness (QED) is 0.699. The van der Waals surface area contributed by atoms with Gasteiger partial charge >= 0.3 is 18.0 Å². The van der Waals surface area contributed by atoms with E-state index in [0.29, 0.717) is 5.69 Å². The van der Waals surface area contributed by atoms with E-state index in [4.69, 9.17) is 9.84 Å². The molecule has 0 spiro atoms. The van der Waals surface area contributed by atoms with Crippen molar-refractivity contribution in [3.05, 3.63) is 29.3 Å². The van der Waals surface area contributed by atoms with Crippen LogP contribution in [0.4, 0.5) is 10.5 Å². The Morgan fingerprint density at radius 3 is 2.50 bits per heavy atom. The van der Waals surface area contributed by atoms with Crippen molar-refractivity contribution in [3.63, 3.8) is 0 Å². The first-order valence-corrected chi connectivity index (χ1v) is 6.84. The minimum absolute atomic E-state index is 0.00119. The van der Waals surface area contributed by atoms with E-state index in [0.717, 1.165) is 5.56 Å². The first kappa shape index (κ1) is 17.5. The Bertz CT molecular complexity index is 569. The van der Waals surface area contributed by atoms with Crippen LogP contribution in [-0.2, 0) is 9.53 Å². The predicted molar refractivity (Wildman–Crippen MR) is 81.1 cm³/mol. The number of urea groups is 1. The van der Waals surface area contributed by atoms with Crippen molar-refractivity contribution in [2.45, 2.75) is 26.2 Å². The fourth-order valence-electron chi connectivity index (χ4n) is 1.76. The number of ether oxygens (including phenoxy) is 1. The molecule has 7 heteroatoms. The van der Waals surface area contributed by atoms with Gasteiger partial charge in [0.2, 0.25) is 0 Å². The van der Waals surface area contributed by atoms with Crippen LogP contribution < -0.4 is 10.6 Å². The first-order valence-electron chi connectivity index (χ1n) is 6.84. The second-order valence-corrected chi connectivity index (χ2v) is 4.98. The first-order chi connectivity index (χ1) is 10.3. The molecule has 0 aliphatic heterocycles. The molecule has 120 valence electrons. The van der Waals surface area contributed by atoms with Crippen molar-refractivity contribution in [3.8, 4) is 0 Å². The third kappa shape index (κ3) is 5.08. The lowest BCUT2D eigenvalue weighted by Gasteiger charge is -2.13. The molecule has 0 unspecified atom stereocenters. The summed E-state index contributed by atoms with van der Waals surface area (Å²) in [6.07, 6.45) is -0.177. The van der Waals surface area contributed by atoms with Crippen LogP contribution in [0.25, 0.3) is 0 Å². The molecule has 1 aromatic carbocycles. The van der Waals surface area contributed by atoms with Crippen LogP contribution in [0.2, 0.25) is 0 Å². The molecule has 0 atom stereocenters. The molecule has 3 N–H and O–H groups in total. The van der Waals surface area contributed by atoms with Gasteiger partial charge in [0.25, 0.3) is 0 Å². The number of anilines is 1. The Hall–Kier alpha value is -2.57. The molecule has 0 heterocycles. The fourth-order valence-corrected chi connectivity index (χ4v) is 1.76. The molecular formula is C15H20N2O5. The number of carboxylic acids is 1. The summed E-state index contributed by atoms with van der Waals surface area (Å²) in [6.45, 7) is 3.98. The van der Waals surface area contributed by atoms with Crippen LogP contribution >= 0.6 is 0 Å². The minimum atomic E-state index is -1.00. The number of carbonyl (C=O) groups excluding carboxylic acids is 2. The topological polar surface area (TPSA) is 105 Å². The van der Waals surface area contributed by atoms with Gasteiger partial charge in [0.15, 0.2) is 0 Å². The number of esters is 1. The molecule has 0 aliphatic carbocycles. The monoisotopic (exact) mass is 308 g/mol. The van der Waals surface area contributed by atoms with E-state index in [-0.39, 0.29) is 24.4 Å². The van der Waals surface area contributed by atoms with E-state index < -0.39 is 18.0 Å². The lowest BCUT2D eigenvalue weighted by atomic mass is 9.99. The van der Waals surface area contributed by atoms with Crippen molar-refractivity contribution in [1.29, 1.82) is 0 Å². The summed E-state index contributed by atoms with van der Waals surface area (Å²) in [6, 6.07) is 4.52. The smallest absolute Gasteiger partial charge is 0.339 e. The Morgan fingerprint density at radius 2 is 1.95 bits per heavy atom. The van der Waals surface area contributed by atoms with Crippen molar-refractivity contribution in [1.82, 2.24) is 5.32 Å². The molecule has 22 heavy (non-hydrogen) atoms. The van der Waals surface area contributed by atoms with Gasteiger partial charge in [0.05, 0.1) is 24.8 Å². The number of hydrogen-bond acceptors (Lipinski definition) is 4. The SMILES string of the molecule is COC(=O)c1cc(C(C)C)ccc1NC(=O)NCCC(=O)O. The van der Waals surface area contributed by atoms with Crippen LogP contribution in [0, 0.1) is 0 Å². The Morgan fingerprint density at radius 1 is 1.27 bits per heavy atom. The standard InChI is InChI=1S/C15H20N2O5/c1-9(2)10-4-5-12(11(8-10)14(20)22-3)17-15(21)16-7-6-13(18)19/h4-5,8-9H,6-7H2,1-3H3,(H,18,19)(H2,16,17,21). The fraction of sp³-hybridized carbons (Fsp3) is 0.400. The van der Waals surface area contributed by atoms with Crippen molar-refractivity contribution in [2.24, 2.45) is 0 Å². The zero-order valence-corrected chi connectivity index (χ0v) is 12.8. The van der Waals surface area contributed by atoms with Crippen LogP contribution in [0.3, 0.4) is 0 Å². The number of methoxy groups -OCH3 is 1. The maximum Gasteiger partial charge on any atom is 0.339 e. The summed E-state index contributed by atoms with van der Waals surface area (Å²) in [4.78, 5) is 33.9. The van der Waals surface area contributed by atoms with E-state index in [2.05, 4.69) is 10.6 Å². The number of nitrogens with one attached hydrogen (secondary N) is 2. The molecule has 1 aromatic rings. The summed E-state index contributed by atoms with van der Waals surface area (Å²) in [5, 5.41) is 13.4. The van der Waals surface area contributed by atoms with Gasteiger partial charge in [-0.2, -0.15) is 0 Å². The van der Waals surface area contributed by atoms with Crippen molar-refractivity contribution >= 4 is 23.7 Å². The molecule has 0 fully saturated rings. The highest BCUT2D eigenvalue weighted by atomic mass is 16.5. The van der Waals surface area contributed by atoms with Gasteiger partial charge in [-0.3, -0.25) is 4.79 Å². The van der Waals surface area contributed by atoms with Gasteiger partial charge in [-0.05, 0) is 23.6 Å². The van der Waals surface area contributed by atoms with Crippen LogP contribution in [0.1, 0.15) is 42.1 Å². The zero-order valence-electron chi connectivity index (χ0n) is 12.8. The highest BCUT2D eigenvalue weighted by molar-refractivity contribution is 6.01. The molecule has 0 aromatic heterocycles. The number of benzene rings is 1. The van der Waals surface area contributed by atoms with Gasteiger partial charge in [0.1, 0.15) is 0 Å². The minimum Gasteiger partial charge on any atom is -0.481 e. The highest BCUT2D eigenvalue weighted by Gasteiger charge is 2.15. The Balaban J connectivity index is 2.86. The van der Waals surface area contributed by atoms with E-state index in [1.807, 2.05) is 19.9 Å². The van der Waals surface area contributed by atoms with Gasteiger partial charge in [-0.1, -0.05) is 19.9 Å². The molecule has 2 amide bonds. The van der Waals surface area contributed by atoms with Gasteiger partial charge in [0, 0.05) is 6.54 Å². The number of rotatable bonds is 6. The van der Waals surface area contributed by atoms with Gasteiger partial charge in [-0.15, -0.1) is 0 Å². The summed E-state index contributed by atoms with van der Waals surface area (Å²) >= 11 is 0. The third-order valence-electron chi connectivity index (χ3n) is 2.99. The second kappa shape index (κ2) is 8.02. The van der Waals surface area contributed by atoms with Gasteiger partial charge < -0.3 is 20.5 Å². The number of aliphatic carboxylic acids is 1. The molecule has 0 saturated carbocycles. The lowest BCUT2D eigenvalue weighted by Crippen LogP contribution is -2.31. The van der Waals surface area contributed by atoms with Gasteiger partial charge in [-0.25, -0.2) is 9.59 Å². The van der Waals surface area contributed by atoms with Crippen molar-refractivity contribution in [2.75, 3.05) is 19.0 Å². The maximum atomic E-state index is 11.8. The Labute approximate surface area is 128 Å². The van der Waals surface area contributed by atoms with E-state index in [9.17, 15) is 14.4 Å². The molecular weight excluding hydrogens is 288 g/mol. The molecule has 0 radical (unpaired) electrons. The summed E-state index contributed by atoms with van der Waals surface area (Å²) < 4.78 is 4.72. The van der Waals surface area contributed by atoms with Crippen LogP contribution in [0.15, 0.2) is 18.2 Å². The molecule has 0 saturated heterocycles. The number of amides is 2.